The van der Waals surface area contributed by atoms with Crippen molar-refractivity contribution in [2.45, 2.75) is 32.9 Å². The summed E-state index contributed by atoms with van der Waals surface area (Å²) in [7, 11) is 3.98. The Hall–Kier alpha value is -2.54. The Labute approximate surface area is 156 Å². The van der Waals surface area contributed by atoms with Crippen LogP contribution in [-0.2, 0) is 19.6 Å². The molecule has 0 aliphatic carbocycles. The third-order valence-corrected chi connectivity index (χ3v) is 4.37. The monoisotopic (exact) mass is 378 g/mol. The van der Waals surface area contributed by atoms with E-state index in [-0.39, 0.29) is 11.7 Å². The van der Waals surface area contributed by atoms with E-state index >= 15 is 0 Å². The minimum Gasteiger partial charge on any atom is -0.406 e. The normalized spacial score (nSPS) is 14.0. The first-order valence-corrected chi connectivity index (χ1v) is 8.53. The van der Waals surface area contributed by atoms with Crippen LogP contribution in [0.25, 0.3) is 0 Å². The second-order valence-corrected chi connectivity index (χ2v) is 7.04. The van der Waals surface area contributed by atoms with Gasteiger partial charge in [-0.1, -0.05) is 24.3 Å². The number of carbonyl (C=O) groups is 1. The van der Waals surface area contributed by atoms with Crippen molar-refractivity contribution in [2.75, 3.05) is 14.1 Å². The largest absolute Gasteiger partial charge is 0.573 e. The minimum atomic E-state index is -4.71. The number of halogens is 3. The summed E-state index contributed by atoms with van der Waals surface area (Å²) in [6.07, 6.45) is -4.71. The molecule has 0 saturated heterocycles. The van der Waals surface area contributed by atoms with Gasteiger partial charge in [0.1, 0.15) is 5.75 Å². The van der Waals surface area contributed by atoms with Crippen molar-refractivity contribution in [2.24, 2.45) is 0 Å². The lowest BCUT2D eigenvalue weighted by atomic mass is 10.00. The molecule has 0 saturated carbocycles. The number of hydrogen-bond donors (Lipinski definition) is 0. The highest BCUT2D eigenvalue weighted by atomic mass is 19.4. The summed E-state index contributed by atoms with van der Waals surface area (Å²) in [5, 5.41) is 0. The van der Waals surface area contributed by atoms with Gasteiger partial charge in [-0.3, -0.25) is 4.79 Å². The number of ether oxygens (including phenoxy) is 1. The first-order chi connectivity index (χ1) is 12.6. The van der Waals surface area contributed by atoms with Gasteiger partial charge in [0.25, 0.3) is 5.91 Å². The van der Waals surface area contributed by atoms with Crippen LogP contribution >= 0.6 is 0 Å². The number of carbonyl (C=O) groups excluding carboxylic acids is 1. The molecule has 0 radical (unpaired) electrons. The maximum atomic E-state index is 12.8. The van der Waals surface area contributed by atoms with Gasteiger partial charge in [0.05, 0.1) is 0 Å². The van der Waals surface area contributed by atoms with Crippen molar-refractivity contribution in [3.05, 3.63) is 64.2 Å². The van der Waals surface area contributed by atoms with Gasteiger partial charge in [-0.2, -0.15) is 0 Å². The Balaban J connectivity index is 1.73. The van der Waals surface area contributed by atoms with Crippen LogP contribution in [0.1, 0.15) is 32.6 Å². The molecule has 3 rings (SSSR count). The van der Waals surface area contributed by atoms with E-state index in [4.69, 9.17) is 0 Å². The molecule has 0 N–H and O–H groups in total. The zero-order valence-corrected chi connectivity index (χ0v) is 15.4. The Bertz CT molecular complexity index is 846. The van der Waals surface area contributed by atoms with Crippen LogP contribution in [0, 0.1) is 6.92 Å². The molecule has 0 aromatic heterocycles. The van der Waals surface area contributed by atoms with Gasteiger partial charge in [0.2, 0.25) is 0 Å². The van der Waals surface area contributed by atoms with E-state index in [0.29, 0.717) is 13.1 Å². The number of fused-ring (bicyclic) bond motifs is 1. The van der Waals surface area contributed by atoms with Crippen LogP contribution < -0.4 is 4.74 Å². The molecule has 0 spiro atoms. The Morgan fingerprint density at radius 2 is 1.78 bits per heavy atom. The zero-order chi connectivity index (χ0) is 19.8. The molecule has 0 fully saturated rings. The van der Waals surface area contributed by atoms with Crippen LogP contribution in [0.5, 0.6) is 5.75 Å². The number of alkyl halides is 3. The molecule has 1 amide bonds. The van der Waals surface area contributed by atoms with Crippen LogP contribution in [-0.4, -0.2) is 36.2 Å². The number of aryl methyl sites for hydroxylation is 1. The second-order valence-electron chi connectivity index (χ2n) is 7.04. The summed E-state index contributed by atoms with van der Waals surface area (Å²) in [6.45, 7) is 3.56. The molecule has 7 heteroatoms. The highest BCUT2D eigenvalue weighted by Crippen LogP contribution is 2.29. The molecule has 1 aliphatic heterocycles. The maximum Gasteiger partial charge on any atom is 0.573 e. The van der Waals surface area contributed by atoms with E-state index in [1.165, 1.54) is 12.1 Å². The lowest BCUT2D eigenvalue weighted by Crippen LogP contribution is -2.23. The molecular weight excluding hydrogens is 357 g/mol. The van der Waals surface area contributed by atoms with Gasteiger partial charge in [0, 0.05) is 25.2 Å². The van der Waals surface area contributed by atoms with Crippen molar-refractivity contribution >= 4 is 5.91 Å². The Morgan fingerprint density at radius 3 is 2.37 bits per heavy atom. The van der Waals surface area contributed by atoms with Gasteiger partial charge in [-0.25, -0.2) is 0 Å². The first kappa shape index (κ1) is 19.2. The summed E-state index contributed by atoms with van der Waals surface area (Å²) in [6, 6.07) is 9.70. The van der Waals surface area contributed by atoms with Crippen molar-refractivity contribution in [1.82, 2.24) is 9.80 Å². The summed E-state index contributed by atoms with van der Waals surface area (Å²) in [5.74, 6) is -0.319. The fourth-order valence-electron chi connectivity index (χ4n) is 3.41. The number of benzene rings is 2. The molecule has 2 aromatic rings. The van der Waals surface area contributed by atoms with Gasteiger partial charge < -0.3 is 14.5 Å². The second kappa shape index (κ2) is 7.23. The predicted molar refractivity (Wildman–Crippen MR) is 95.3 cm³/mol. The van der Waals surface area contributed by atoms with Crippen LogP contribution in [0.2, 0.25) is 0 Å². The number of rotatable bonds is 5. The summed E-state index contributed by atoms with van der Waals surface area (Å²) < 4.78 is 40.6. The van der Waals surface area contributed by atoms with E-state index in [9.17, 15) is 18.0 Å². The third kappa shape index (κ3) is 4.60. The van der Waals surface area contributed by atoms with Crippen molar-refractivity contribution in [3.8, 4) is 5.75 Å². The fourth-order valence-corrected chi connectivity index (χ4v) is 3.41. The molecule has 1 heterocycles. The molecule has 27 heavy (non-hydrogen) atoms. The molecule has 4 nitrogen and oxygen atoms in total. The summed E-state index contributed by atoms with van der Waals surface area (Å²) >= 11 is 0. The van der Waals surface area contributed by atoms with Crippen LogP contribution in [0.15, 0.2) is 36.4 Å². The number of amides is 1. The SMILES string of the molecule is Cc1cc(CN(C)C)cc2c1C(=O)N(Cc1ccc(OC(F)(F)F)cc1)C2. The van der Waals surface area contributed by atoms with Gasteiger partial charge >= 0.3 is 6.36 Å². The lowest BCUT2D eigenvalue weighted by Gasteiger charge is -2.16. The topological polar surface area (TPSA) is 32.8 Å². The smallest absolute Gasteiger partial charge is 0.406 e. The average molecular weight is 378 g/mol. The minimum absolute atomic E-state index is 0.0467. The molecule has 0 bridgehead atoms. The standard InChI is InChI=1S/C20H21F3N2O2/c1-13-8-15(10-24(2)3)9-16-12-25(19(26)18(13)16)11-14-4-6-17(7-5-14)27-20(21,22)23/h4-9H,10-12H2,1-3H3. The fraction of sp³-hybridized carbons (Fsp3) is 0.350. The number of nitrogens with zero attached hydrogens (tertiary/aromatic N) is 2. The molecule has 2 aromatic carbocycles. The Morgan fingerprint density at radius 1 is 1.11 bits per heavy atom. The quantitative estimate of drug-likeness (QED) is 0.785. The highest BCUT2D eigenvalue weighted by molar-refractivity contribution is 5.99. The van der Waals surface area contributed by atoms with E-state index in [1.54, 1.807) is 17.0 Å². The average Bonchev–Trinajstić information content (AvgIpc) is 2.83. The molecule has 1 aliphatic rings. The van der Waals surface area contributed by atoms with Crippen LogP contribution in [0.4, 0.5) is 13.2 Å². The predicted octanol–water partition coefficient (Wildman–Crippen LogP) is 4.11. The molecule has 0 unspecified atom stereocenters. The van der Waals surface area contributed by atoms with E-state index in [0.717, 1.165) is 34.4 Å². The first-order valence-electron chi connectivity index (χ1n) is 8.53. The highest BCUT2D eigenvalue weighted by Gasteiger charge is 2.31. The van der Waals surface area contributed by atoms with Crippen molar-refractivity contribution < 1.29 is 22.7 Å². The molecular formula is C20H21F3N2O2. The third-order valence-electron chi connectivity index (χ3n) is 4.37. The van der Waals surface area contributed by atoms with E-state index < -0.39 is 6.36 Å². The maximum absolute atomic E-state index is 12.8. The number of hydrogen-bond acceptors (Lipinski definition) is 3. The summed E-state index contributed by atoms with van der Waals surface area (Å²) in [5.41, 5.74) is 4.57. The van der Waals surface area contributed by atoms with Crippen molar-refractivity contribution in [3.63, 3.8) is 0 Å². The molecule has 0 atom stereocenters. The molecule has 144 valence electrons. The zero-order valence-electron chi connectivity index (χ0n) is 15.4. The lowest BCUT2D eigenvalue weighted by molar-refractivity contribution is -0.274. The summed E-state index contributed by atoms with van der Waals surface area (Å²) in [4.78, 5) is 16.5. The van der Waals surface area contributed by atoms with E-state index in [1.807, 2.05) is 27.1 Å². The Kier molecular flexibility index (Phi) is 5.15. The van der Waals surface area contributed by atoms with Gasteiger partial charge in [0.15, 0.2) is 0 Å². The van der Waals surface area contributed by atoms with Gasteiger partial charge in [-0.15, -0.1) is 13.2 Å². The van der Waals surface area contributed by atoms with E-state index in [2.05, 4.69) is 15.7 Å². The van der Waals surface area contributed by atoms with Crippen LogP contribution in [0.3, 0.4) is 0 Å². The van der Waals surface area contributed by atoms with Gasteiger partial charge in [-0.05, 0) is 55.4 Å². The van der Waals surface area contributed by atoms with Crippen molar-refractivity contribution in [1.29, 1.82) is 0 Å².